The van der Waals surface area contributed by atoms with Crippen LogP contribution in [-0.2, 0) is 9.47 Å². The first-order chi connectivity index (χ1) is 8.76. The van der Waals surface area contributed by atoms with Gasteiger partial charge in [-0.2, -0.15) is 0 Å². The van der Waals surface area contributed by atoms with E-state index in [1.165, 1.54) is 5.56 Å². The van der Waals surface area contributed by atoms with Gasteiger partial charge in [-0.15, -0.1) is 0 Å². The van der Waals surface area contributed by atoms with Crippen LogP contribution in [0.1, 0.15) is 31.2 Å². The highest BCUT2D eigenvalue weighted by Gasteiger charge is 2.40. The molecule has 98 valence electrons. The molecule has 2 fully saturated rings. The molecule has 18 heavy (non-hydrogen) atoms. The molecule has 0 radical (unpaired) electrons. The average molecular weight is 248 g/mol. The van der Waals surface area contributed by atoms with E-state index < -0.39 is 0 Å². The molecular weight excluding hydrogens is 228 g/mol. The number of hydrogen-bond donors (Lipinski definition) is 1. The molecule has 1 aromatic rings. The van der Waals surface area contributed by atoms with Crippen molar-refractivity contribution in [3.8, 4) is 0 Å². The van der Waals surface area contributed by atoms with E-state index in [2.05, 4.69) is 23.3 Å². The number of nitrogens with one attached hydrogen (secondary N) is 1. The molecule has 0 aromatic carbocycles. The molecule has 1 saturated heterocycles. The van der Waals surface area contributed by atoms with Gasteiger partial charge in [0.25, 0.3) is 0 Å². The molecule has 0 unspecified atom stereocenters. The third-order valence-electron chi connectivity index (χ3n) is 3.81. The fourth-order valence-electron chi connectivity index (χ4n) is 2.86. The minimum atomic E-state index is -0.261. The van der Waals surface area contributed by atoms with E-state index in [0.29, 0.717) is 6.04 Å². The van der Waals surface area contributed by atoms with Crippen molar-refractivity contribution >= 4 is 5.69 Å². The topological polar surface area (TPSA) is 43.4 Å². The Morgan fingerprint density at radius 1 is 1.22 bits per heavy atom. The second kappa shape index (κ2) is 4.86. The highest BCUT2D eigenvalue weighted by atomic mass is 16.7. The molecule has 0 bridgehead atoms. The van der Waals surface area contributed by atoms with Crippen molar-refractivity contribution in [1.29, 1.82) is 0 Å². The Bertz CT molecular complexity index is 406. The largest absolute Gasteiger partial charge is 0.381 e. The lowest BCUT2D eigenvalue weighted by Gasteiger charge is -2.35. The maximum atomic E-state index is 5.74. The minimum absolute atomic E-state index is 0.261. The number of aryl methyl sites for hydroxylation is 1. The number of pyridine rings is 1. The van der Waals surface area contributed by atoms with E-state index in [1.54, 1.807) is 0 Å². The van der Waals surface area contributed by atoms with Crippen LogP contribution in [0.3, 0.4) is 0 Å². The van der Waals surface area contributed by atoms with E-state index in [-0.39, 0.29) is 5.79 Å². The monoisotopic (exact) mass is 248 g/mol. The zero-order valence-corrected chi connectivity index (χ0v) is 10.8. The minimum Gasteiger partial charge on any atom is -0.381 e. The van der Waals surface area contributed by atoms with Crippen LogP contribution in [0.2, 0.25) is 0 Å². The summed E-state index contributed by atoms with van der Waals surface area (Å²) in [7, 11) is 0. The molecule has 4 heteroatoms. The molecule has 1 saturated carbocycles. The third-order valence-corrected chi connectivity index (χ3v) is 3.81. The lowest BCUT2D eigenvalue weighted by Crippen LogP contribution is -2.39. The molecule has 2 heterocycles. The molecule has 1 aliphatic carbocycles. The summed E-state index contributed by atoms with van der Waals surface area (Å²) >= 11 is 0. The summed E-state index contributed by atoms with van der Waals surface area (Å²) in [5.41, 5.74) is 2.30. The van der Waals surface area contributed by atoms with Gasteiger partial charge < -0.3 is 14.8 Å². The van der Waals surface area contributed by atoms with Crippen molar-refractivity contribution in [2.75, 3.05) is 18.5 Å². The molecular formula is C14H20N2O2. The van der Waals surface area contributed by atoms with E-state index >= 15 is 0 Å². The van der Waals surface area contributed by atoms with Gasteiger partial charge in [-0.25, -0.2) is 0 Å². The molecule has 1 aromatic heterocycles. The Kier molecular flexibility index (Phi) is 3.22. The number of nitrogens with zero attached hydrogens (tertiary/aromatic N) is 1. The Hall–Kier alpha value is -1.13. The maximum absolute atomic E-state index is 5.74. The van der Waals surface area contributed by atoms with Crippen molar-refractivity contribution in [1.82, 2.24) is 4.98 Å². The molecule has 2 aliphatic rings. The average Bonchev–Trinajstić information content (AvgIpc) is 2.81. The van der Waals surface area contributed by atoms with Gasteiger partial charge in [-0.05, 0) is 31.4 Å². The molecule has 1 aliphatic heterocycles. The number of anilines is 1. The first kappa shape index (κ1) is 11.9. The summed E-state index contributed by atoms with van der Waals surface area (Å²) in [6, 6.07) is 2.65. The van der Waals surface area contributed by atoms with Gasteiger partial charge in [0.05, 0.1) is 18.9 Å². The van der Waals surface area contributed by atoms with E-state index in [4.69, 9.17) is 9.47 Å². The van der Waals surface area contributed by atoms with Gasteiger partial charge in [0, 0.05) is 31.3 Å². The van der Waals surface area contributed by atoms with Gasteiger partial charge in [0.2, 0.25) is 0 Å². The number of ether oxygens (including phenoxy) is 2. The SMILES string of the molecule is Cc1cncc(NC2CCC3(CC2)OCCO3)c1. The first-order valence-electron chi connectivity index (χ1n) is 6.72. The Morgan fingerprint density at radius 3 is 2.61 bits per heavy atom. The number of aromatic nitrogens is 1. The van der Waals surface area contributed by atoms with Crippen molar-refractivity contribution in [2.45, 2.75) is 44.4 Å². The fraction of sp³-hybridized carbons (Fsp3) is 0.643. The summed E-state index contributed by atoms with van der Waals surface area (Å²) in [5, 5.41) is 3.55. The Morgan fingerprint density at radius 2 is 1.94 bits per heavy atom. The highest BCUT2D eigenvalue weighted by molar-refractivity contribution is 5.43. The third kappa shape index (κ3) is 2.49. The predicted octanol–water partition coefficient (Wildman–Crippen LogP) is 2.49. The normalized spacial score (nSPS) is 23.4. The smallest absolute Gasteiger partial charge is 0.168 e. The maximum Gasteiger partial charge on any atom is 0.168 e. The lowest BCUT2D eigenvalue weighted by atomic mass is 9.90. The van der Waals surface area contributed by atoms with E-state index in [1.807, 2.05) is 12.4 Å². The van der Waals surface area contributed by atoms with Crippen LogP contribution in [0.4, 0.5) is 5.69 Å². The van der Waals surface area contributed by atoms with Crippen LogP contribution >= 0.6 is 0 Å². The number of hydrogen-bond acceptors (Lipinski definition) is 4. The van der Waals surface area contributed by atoms with E-state index in [0.717, 1.165) is 44.6 Å². The van der Waals surface area contributed by atoms with Gasteiger partial charge in [-0.1, -0.05) is 0 Å². The standard InChI is InChI=1S/C14H20N2O2/c1-11-8-13(10-15-9-11)16-12-2-4-14(5-3-12)17-6-7-18-14/h8-10,12,16H,2-7H2,1H3. The summed E-state index contributed by atoms with van der Waals surface area (Å²) in [4.78, 5) is 4.21. The highest BCUT2D eigenvalue weighted by Crippen LogP contribution is 2.36. The molecule has 1 N–H and O–H groups in total. The molecule has 0 amide bonds. The van der Waals surface area contributed by atoms with Gasteiger partial charge in [0.15, 0.2) is 5.79 Å². The zero-order valence-electron chi connectivity index (χ0n) is 10.8. The van der Waals surface area contributed by atoms with Gasteiger partial charge in [-0.3, -0.25) is 4.98 Å². The van der Waals surface area contributed by atoms with Crippen molar-refractivity contribution < 1.29 is 9.47 Å². The summed E-state index contributed by atoms with van der Waals surface area (Å²) < 4.78 is 11.5. The molecule has 1 spiro atoms. The molecule has 4 nitrogen and oxygen atoms in total. The van der Waals surface area contributed by atoms with Crippen LogP contribution in [-0.4, -0.2) is 30.0 Å². The summed E-state index contributed by atoms with van der Waals surface area (Å²) in [6.45, 7) is 3.56. The second-order valence-corrected chi connectivity index (χ2v) is 5.28. The van der Waals surface area contributed by atoms with Gasteiger partial charge in [0.1, 0.15) is 0 Å². The number of rotatable bonds is 2. The lowest BCUT2D eigenvalue weighted by molar-refractivity contribution is -0.177. The van der Waals surface area contributed by atoms with Crippen molar-refractivity contribution in [3.63, 3.8) is 0 Å². The van der Waals surface area contributed by atoms with Crippen LogP contribution < -0.4 is 5.32 Å². The van der Waals surface area contributed by atoms with Crippen molar-refractivity contribution in [3.05, 3.63) is 24.0 Å². The van der Waals surface area contributed by atoms with Crippen LogP contribution in [0.15, 0.2) is 18.5 Å². The van der Waals surface area contributed by atoms with Crippen molar-refractivity contribution in [2.24, 2.45) is 0 Å². The van der Waals surface area contributed by atoms with Crippen LogP contribution in [0.25, 0.3) is 0 Å². The van der Waals surface area contributed by atoms with Crippen LogP contribution in [0.5, 0.6) is 0 Å². The predicted molar refractivity (Wildman–Crippen MR) is 69.5 cm³/mol. The quantitative estimate of drug-likeness (QED) is 0.873. The molecule has 0 atom stereocenters. The zero-order chi connectivity index (χ0) is 12.4. The Labute approximate surface area is 108 Å². The van der Waals surface area contributed by atoms with Crippen LogP contribution in [0, 0.1) is 6.92 Å². The second-order valence-electron chi connectivity index (χ2n) is 5.28. The molecule has 3 rings (SSSR count). The van der Waals surface area contributed by atoms with E-state index in [9.17, 15) is 0 Å². The first-order valence-corrected chi connectivity index (χ1v) is 6.72. The summed E-state index contributed by atoms with van der Waals surface area (Å²) in [6.07, 6.45) is 7.93. The fourth-order valence-corrected chi connectivity index (χ4v) is 2.86. The van der Waals surface area contributed by atoms with Gasteiger partial charge >= 0.3 is 0 Å². The summed E-state index contributed by atoms with van der Waals surface area (Å²) in [5.74, 6) is -0.261. The Balaban J connectivity index is 1.57.